The Kier molecular flexibility index (Phi) is 5.60. The number of ether oxygens (including phenoxy) is 1. The minimum absolute atomic E-state index is 0.169. The van der Waals surface area contributed by atoms with Crippen molar-refractivity contribution in [1.29, 1.82) is 0 Å². The highest BCUT2D eigenvalue weighted by atomic mass is 16.5. The molecule has 0 aromatic heterocycles. The van der Waals surface area contributed by atoms with Crippen LogP contribution >= 0.6 is 0 Å². The van der Waals surface area contributed by atoms with E-state index in [2.05, 4.69) is 18.0 Å². The summed E-state index contributed by atoms with van der Waals surface area (Å²) in [5, 5.41) is 0. The fourth-order valence-corrected chi connectivity index (χ4v) is 3.03. The quantitative estimate of drug-likeness (QED) is 0.773. The largest absolute Gasteiger partial charge is 0.469 e. The van der Waals surface area contributed by atoms with E-state index in [1.165, 1.54) is 44.8 Å². The molecular weight excluding hydrogens is 250 g/mol. The molecule has 3 heteroatoms. The molecule has 0 saturated heterocycles. The van der Waals surface area contributed by atoms with Crippen LogP contribution in [0.25, 0.3) is 0 Å². The molecule has 0 amide bonds. The number of benzene rings is 1. The second-order valence-corrected chi connectivity index (χ2v) is 5.73. The molecule has 0 N–H and O–H groups in total. The Labute approximate surface area is 121 Å². The van der Waals surface area contributed by atoms with Crippen molar-refractivity contribution in [2.45, 2.75) is 51.1 Å². The van der Waals surface area contributed by atoms with Gasteiger partial charge in [0.25, 0.3) is 0 Å². The molecule has 1 aliphatic rings. The van der Waals surface area contributed by atoms with Crippen LogP contribution in [0.15, 0.2) is 24.3 Å². The van der Waals surface area contributed by atoms with E-state index in [1.807, 2.05) is 18.2 Å². The summed E-state index contributed by atoms with van der Waals surface area (Å²) in [6.45, 7) is 0.915. The van der Waals surface area contributed by atoms with Gasteiger partial charge in [0.2, 0.25) is 0 Å². The average Bonchev–Trinajstić information content (AvgIpc) is 2.50. The molecule has 1 aromatic carbocycles. The monoisotopic (exact) mass is 275 g/mol. The van der Waals surface area contributed by atoms with Gasteiger partial charge in [-0.2, -0.15) is 0 Å². The summed E-state index contributed by atoms with van der Waals surface area (Å²) in [5.74, 6) is -0.169. The molecule has 1 saturated carbocycles. The van der Waals surface area contributed by atoms with Gasteiger partial charge in [0, 0.05) is 12.6 Å². The van der Waals surface area contributed by atoms with E-state index in [4.69, 9.17) is 4.74 Å². The number of hydrogen-bond donors (Lipinski definition) is 0. The first kappa shape index (κ1) is 15.0. The lowest BCUT2D eigenvalue weighted by Gasteiger charge is -2.31. The molecule has 0 heterocycles. The normalized spacial score (nSPS) is 16.4. The first-order valence-electron chi connectivity index (χ1n) is 7.54. The van der Waals surface area contributed by atoms with Gasteiger partial charge < -0.3 is 4.74 Å². The van der Waals surface area contributed by atoms with Gasteiger partial charge in [0.15, 0.2) is 0 Å². The molecule has 0 radical (unpaired) electrons. The molecule has 0 atom stereocenters. The van der Waals surface area contributed by atoms with Gasteiger partial charge in [-0.3, -0.25) is 9.69 Å². The van der Waals surface area contributed by atoms with Gasteiger partial charge in [-0.25, -0.2) is 0 Å². The third-order valence-electron chi connectivity index (χ3n) is 4.30. The lowest BCUT2D eigenvalue weighted by molar-refractivity contribution is -0.139. The van der Waals surface area contributed by atoms with Crippen LogP contribution in [-0.4, -0.2) is 31.1 Å². The van der Waals surface area contributed by atoms with Crippen molar-refractivity contribution in [3.05, 3.63) is 35.4 Å². The fourth-order valence-electron chi connectivity index (χ4n) is 3.03. The molecule has 110 valence electrons. The first-order valence-corrected chi connectivity index (χ1v) is 7.54. The lowest BCUT2D eigenvalue weighted by atomic mass is 9.94. The number of carbonyl (C=O) groups excluding carboxylic acids is 1. The number of esters is 1. The topological polar surface area (TPSA) is 29.5 Å². The molecule has 3 nitrogen and oxygen atoms in total. The Morgan fingerprint density at radius 2 is 1.85 bits per heavy atom. The molecule has 0 bridgehead atoms. The highest BCUT2D eigenvalue weighted by Crippen LogP contribution is 2.23. The Hall–Kier alpha value is -1.35. The maximum Gasteiger partial charge on any atom is 0.309 e. The van der Waals surface area contributed by atoms with Crippen molar-refractivity contribution < 1.29 is 9.53 Å². The summed E-state index contributed by atoms with van der Waals surface area (Å²) in [4.78, 5) is 13.9. The number of methoxy groups -OCH3 is 1. The van der Waals surface area contributed by atoms with E-state index >= 15 is 0 Å². The molecular formula is C17H25NO2. The van der Waals surface area contributed by atoms with Crippen molar-refractivity contribution in [1.82, 2.24) is 4.90 Å². The summed E-state index contributed by atoms with van der Waals surface area (Å²) < 4.78 is 4.78. The zero-order valence-electron chi connectivity index (χ0n) is 12.6. The zero-order valence-corrected chi connectivity index (χ0v) is 12.6. The number of rotatable bonds is 5. The predicted molar refractivity (Wildman–Crippen MR) is 80.5 cm³/mol. The van der Waals surface area contributed by atoms with Gasteiger partial charge in [0.1, 0.15) is 0 Å². The van der Waals surface area contributed by atoms with Crippen LogP contribution < -0.4 is 0 Å². The van der Waals surface area contributed by atoms with Crippen LogP contribution in [0.5, 0.6) is 0 Å². The second kappa shape index (κ2) is 7.44. The number of hydrogen-bond acceptors (Lipinski definition) is 3. The molecule has 0 spiro atoms. The van der Waals surface area contributed by atoms with Gasteiger partial charge in [-0.05, 0) is 31.0 Å². The lowest BCUT2D eigenvalue weighted by Crippen LogP contribution is -2.33. The molecule has 1 aliphatic carbocycles. The summed E-state index contributed by atoms with van der Waals surface area (Å²) >= 11 is 0. The third kappa shape index (κ3) is 4.07. The highest BCUT2D eigenvalue weighted by molar-refractivity contribution is 5.72. The Bertz CT molecular complexity index is 438. The van der Waals surface area contributed by atoms with Crippen molar-refractivity contribution in [3.8, 4) is 0 Å². The first-order chi connectivity index (χ1) is 9.70. The van der Waals surface area contributed by atoms with E-state index in [0.717, 1.165) is 12.1 Å². The van der Waals surface area contributed by atoms with Gasteiger partial charge in [-0.1, -0.05) is 43.5 Å². The highest BCUT2D eigenvalue weighted by Gasteiger charge is 2.19. The predicted octanol–water partition coefficient (Wildman–Crippen LogP) is 3.17. The Balaban J connectivity index is 2.02. The molecule has 1 fully saturated rings. The summed E-state index contributed by atoms with van der Waals surface area (Å²) in [7, 11) is 3.64. The minimum Gasteiger partial charge on any atom is -0.469 e. The smallest absolute Gasteiger partial charge is 0.309 e. The summed E-state index contributed by atoms with van der Waals surface area (Å²) in [6.07, 6.45) is 7.04. The van der Waals surface area contributed by atoms with Crippen LogP contribution in [-0.2, 0) is 22.5 Å². The van der Waals surface area contributed by atoms with Gasteiger partial charge in [-0.15, -0.1) is 0 Å². The van der Waals surface area contributed by atoms with E-state index < -0.39 is 0 Å². The maximum absolute atomic E-state index is 11.5. The Morgan fingerprint density at radius 1 is 1.20 bits per heavy atom. The van der Waals surface area contributed by atoms with Gasteiger partial charge >= 0.3 is 5.97 Å². The minimum atomic E-state index is -0.169. The Morgan fingerprint density at radius 3 is 2.50 bits per heavy atom. The molecule has 0 unspecified atom stereocenters. The van der Waals surface area contributed by atoms with Crippen molar-refractivity contribution in [3.63, 3.8) is 0 Å². The fraction of sp³-hybridized carbons (Fsp3) is 0.588. The standard InChI is InChI=1S/C17H25NO2/c1-18(16-10-4-3-5-11-16)13-15-9-7-6-8-14(15)12-17(19)20-2/h6-9,16H,3-5,10-13H2,1-2H3. The molecule has 0 aliphatic heterocycles. The zero-order chi connectivity index (χ0) is 14.4. The van der Waals surface area contributed by atoms with E-state index in [0.29, 0.717) is 12.5 Å². The molecule has 20 heavy (non-hydrogen) atoms. The number of nitrogens with zero attached hydrogens (tertiary/aromatic N) is 1. The van der Waals surface area contributed by atoms with Crippen LogP contribution in [0.3, 0.4) is 0 Å². The van der Waals surface area contributed by atoms with Crippen LogP contribution in [0.2, 0.25) is 0 Å². The van der Waals surface area contributed by atoms with Crippen LogP contribution in [0.1, 0.15) is 43.2 Å². The van der Waals surface area contributed by atoms with E-state index in [-0.39, 0.29) is 5.97 Å². The SMILES string of the molecule is COC(=O)Cc1ccccc1CN(C)C1CCCCC1. The molecule has 2 rings (SSSR count). The maximum atomic E-state index is 11.5. The second-order valence-electron chi connectivity index (χ2n) is 5.73. The molecule has 1 aromatic rings. The van der Waals surface area contributed by atoms with Crippen LogP contribution in [0, 0.1) is 0 Å². The van der Waals surface area contributed by atoms with Gasteiger partial charge in [0.05, 0.1) is 13.5 Å². The third-order valence-corrected chi connectivity index (χ3v) is 4.30. The summed E-state index contributed by atoms with van der Waals surface area (Å²) in [6, 6.07) is 8.88. The summed E-state index contributed by atoms with van der Waals surface area (Å²) in [5.41, 5.74) is 2.33. The van der Waals surface area contributed by atoms with Crippen molar-refractivity contribution >= 4 is 5.97 Å². The van der Waals surface area contributed by atoms with Crippen LogP contribution in [0.4, 0.5) is 0 Å². The van der Waals surface area contributed by atoms with E-state index in [1.54, 1.807) is 0 Å². The van der Waals surface area contributed by atoms with E-state index in [9.17, 15) is 4.79 Å². The van der Waals surface area contributed by atoms with Crippen molar-refractivity contribution in [2.24, 2.45) is 0 Å². The van der Waals surface area contributed by atoms with Crippen molar-refractivity contribution in [2.75, 3.05) is 14.2 Å². The average molecular weight is 275 g/mol. The number of carbonyl (C=O) groups is 1.